The minimum atomic E-state index is -0.636. The van der Waals surface area contributed by atoms with Crippen molar-refractivity contribution < 1.29 is 9.53 Å². The number of aryl methyl sites for hydroxylation is 1. The summed E-state index contributed by atoms with van der Waals surface area (Å²) in [4.78, 5) is 14.2. The molecule has 0 saturated heterocycles. The number of esters is 1. The first-order chi connectivity index (χ1) is 8.58. The van der Waals surface area contributed by atoms with Gasteiger partial charge < -0.3 is 4.74 Å². The lowest BCUT2D eigenvalue weighted by Crippen LogP contribution is -2.05. The molecule has 0 fully saturated rings. The molecule has 0 heterocycles. The van der Waals surface area contributed by atoms with E-state index in [0.29, 0.717) is 0 Å². The Morgan fingerprint density at radius 2 is 2.33 bits per heavy atom. The number of hydrogen-bond donors (Lipinski definition) is 0. The molecule has 18 heavy (non-hydrogen) atoms. The van der Waals surface area contributed by atoms with Crippen molar-refractivity contribution in [1.82, 2.24) is 0 Å². The van der Waals surface area contributed by atoms with Crippen LogP contribution in [0, 0.1) is 6.92 Å². The second kappa shape index (κ2) is 6.83. The highest BCUT2D eigenvalue weighted by molar-refractivity contribution is 9.10. The van der Waals surface area contributed by atoms with E-state index in [2.05, 4.69) is 26.0 Å². The van der Waals surface area contributed by atoms with Gasteiger partial charge in [-0.25, -0.2) is 4.79 Å². The van der Waals surface area contributed by atoms with Gasteiger partial charge in [-0.1, -0.05) is 33.2 Å². The molecule has 5 nitrogen and oxygen atoms in total. The molecule has 0 aliphatic rings. The molecule has 0 aliphatic carbocycles. The molecule has 1 aromatic rings. The van der Waals surface area contributed by atoms with E-state index in [1.54, 1.807) is 6.92 Å². The normalized spacial score (nSPS) is 10.7. The van der Waals surface area contributed by atoms with Gasteiger partial charge in [0, 0.05) is 9.38 Å². The molecular weight excluding hydrogens is 298 g/mol. The molecule has 0 radical (unpaired) electrons. The van der Waals surface area contributed by atoms with E-state index in [9.17, 15) is 4.79 Å². The largest absolute Gasteiger partial charge is 0.462 e. The molecule has 0 aromatic heterocycles. The van der Waals surface area contributed by atoms with Crippen LogP contribution in [0.3, 0.4) is 0 Å². The first-order valence-corrected chi connectivity index (χ1v) is 6.08. The zero-order valence-corrected chi connectivity index (χ0v) is 11.6. The van der Waals surface area contributed by atoms with Crippen LogP contribution in [-0.2, 0) is 9.53 Å². The summed E-state index contributed by atoms with van der Waals surface area (Å²) in [6.45, 7) is 3.87. The molecule has 94 valence electrons. The van der Waals surface area contributed by atoms with E-state index in [1.165, 1.54) is 6.08 Å². The summed E-state index contributed by atoms with van der Waals surface area (Å²) in [5.41, 5.74) is 10.2. The molecule has 0 aliphatic heterocycles. The molecule has 6 heteroatoms. The highest BCUT2D eigenvalue weighted by Gasteiger charge is 2.09. The number of ether oxygens (including phenoxy) is 1. The average Bonchev–Trinajstić information content (AvgIpc) is 2.32. The zero-order chi connectivity index (χ0) is 13.5. The summed E-state index contributed by atoms with van der Waals surface area (Å²) in [5, 5.41) is 3.35. The van der Waals surface area contributed by atoms with E-state index in [1.807, 2.05) is 25.1 Å². The lowest BCUT2D eigenvalue weighted by atomic mass is 10.1. The molecular formula is C12H12BrN3O2. The predicted molar refractivity (Wildman–Crippen MR) is 72.6 cm³/mol. The van der Waals surface area contributed by atoms with Gasteiger partial charge in [-0.2, -0.15) is 0 Å². The van der Waals surface area contributed by atoms with Gasteiger partial charge in [-0.05, 0) is 42.6 Å². The van der Waals surface area contributed by atoms with Crippen LogP contribution < -0.4 is 0 Å². The van der Waals surface area contributed by atoms with Crippen molar-refractivity contribution in [3.8, 4) is 0 Å². The Balaban J connectivity index is 3.15. The highest BCUT2D eigenvalue weighted by atomic mass is 79.9. The van der Waals surface area contributed by atoms with Gasteiger partial charge in [0.2, 0.25) is 0 Å². The van der Waals surface area contributed by atoms with Crippen molar-refractivity contribution in [1.29, 1.82) is 0 Å². The number of halogens is 1. The third-order valence-electron chi connectivity index (χ3n) is 2.09. The molecule has 0 unspecified atom stereocenters. The first kappa shape index (κ1) is 14.3. The predicted octanol–water partition coefficient (Wildman–Crippen LogP) is 3.97. The Kier molecular flexibility index (Phi) is 5.42. The number of carbonyl (C=O) groups excluding carboxylic acids is 1. The van der Waals surface area contributed by atoms with Gasteiger partial charge in [-0.3, -0.25) is 0 Å². The van der Waals surface area contributed by atoms with Crippen LogP contribution in [0.5, 0.6) is 0 Å². The van der Waals surface area contributed by atoms with Crippen molar-refractivity contribution in [2.75, 3.05) is 6.61 Å². The van der Waals surface area contributed by atoms with E-state index in [-0.39, 0.29) is 12.3 Å². The maximum absolute atomic E-state index is 11.5. The van der Waals surface area contributed by atoms with Gasteiger partial charge in [0.1, 0.15) is 5.70 Å². The quantitative estimate of drug-likeness (QED) is 0.277. The second-order valence-electron chi connectivity index (χ2n) is 3.46. The fourth-order valence-corrected chi connectivity index (χ4v) is 1.89. The molecule has 0 saturated carbocycles. The molecule has 1 aromatic carbocycles. The third-order valence-corrected chi connectivity index (χ3v) is 2.77. The molecule has 0 bridgehead atoms. The molecule has 1 rings (SSSR count). The smallest absolute Gasteiger partial charge is 0.340 e. The maximum atomic E-state index is 11.5. The average molecular weight is 310 g/mol. The molecule has 0 spiro atoms. The van der Waals surface area contributed by atoms with Gasteiger partial charge in [0.05, 0.1) is 6.61 Å². The zero-order valence-electron chi connectivity index (χ0n) is 10.1. The van der Waals surface area contributed by atoms with Crippen LogP contribution in [0.2, 0.25) is 0 Å². The number of azide groups is 1. The number of benzene rings is 1. The van der Waals surface area contributed by atoms with Gasteiger partial charge in [0.15, 0.2) is 0 Å². The summed E-state index contributed by atoms with van der Waals surface area (Å²) >= 11 is 3.38. The van der Waals surface area contributed by atoms with E-state index >= 15 is 0 Å². The van der Waals surface area contributed by atoms with Gasteiger partial charge in [0.25, 0.3) is 0 Å². The minimum absolute atomic E-state index is 0.0658. The van der Waals surface area contributed by atoms with E-state index in [4.69, 9.17) is 10.3 Å². The summed E-state index contributed by atoms with van der Waals surface area (Å²) in [6.07, 6.45) is 1.49. The number of carbonyl (C=O) groups is 1. The van der Waals surface area contributed by atoms with Crippen molar-refractivity contribution in [2.45, 2.75) is 13.8 Å². The van der Waals surface area contributed by atoms with Crippen molar-refractivity contribution >= 4 is 28.0 Å². The standard InChI is InChI=1S/C12H12BrN3O2/c1-3-18-12(17)11(15-16-14)7-9-5-4-8(2)6-10(9)13/h4-7H,3H2,1-2H3. The Labute approximate surface area is 113 Å². The van der Waals surface area contributed by atoms with Crippen molar-refractivity contribution in [3.63, 3.8) is 0 Å². The number of nitrogens with zero attached hydrogens (tertiary/aromatic N) is 3. The number of hydrogen-bond acceptors (Lipinski definition) is 3. The Hall–Kier alpha value is -1.78. The first-order valence-electron chi connectivity index (χ1n) is 5.28. The minimum Gasteiger partial charge on any atom is -0.462 e. The Bertz CT molecular complexity index is 534. The van der Waals surface area contributed by atoms with Crippen LogP contribution in [0.25, 0.3) is 16.5 Å². The lowest BCUT2D eigenvalue weighted by Gasteiger charge is -2.03. The van der Waals surface area contributed by atoms with Crippen LogP contribution in [-0.4, -0.2) is 12.6 Å². The second-order valence-corrected chi connectivity index (χ2v) is 4.32. The monoisotopic (exact) mass is 309 g/mol. The van der Waals surface area contributed by atoms with Crippen molar-refractivity contribution in [3.05, 3.63) is 49.9 Å². The lowest BCUT2D eigenvalue weighted by molar-refractivity contribution is -0.138. The summed E-state index contributed by atoms with van der Waals surface area (Å²) in [7, 11) is 0. The van der Waals surface area contributed by atoms with Crippen molar-refractivity contribution in [2.24, 2.45) is 5.11 Å². The fraction of sp³-hybridized carbons (Fsp3) is 0.250. The third kappa shape index (κ3) is 3.91. The van der Waals surface area contributed by atoms with Gasteiger partial charge in [-0.15, -0.1) is 0 Å². The summed E-state index contributed by atoms with van der Waals surface area (Å²) in [6, 6.07) is 5.63. The maximum Gasteiger partial charge on any atom is 0.340 e. The summed E-state index contributed by atoms with van der Waals surface area (Å²) in [5.74, 6) is -0.636. The molecule has 0 amide bonds. The fourth-order valence-electron chi connectivity index (χ4n) is 1.28. The Morgan fingerprint density at radius 1 is 1.61 bits per heavy atom. The van der Waals surface area contributed by atoms with E-state index < -0.39 is 5.97 Å². The Morgan fingerprint density at radius 3 is 2.89 bits per heavy atom. The van der Waals surface area contributed by atoms with E-state index in [0.717, 1.165) is 15.6 Å². The summed E-state index contributed by atoms with van der Waals surface area (Å²) < 4.78 is 5.62. The van der Waals surface area contributed by atoms with Crippen LogP contribution >= 0.6 is 15.9 Å². The molecule has 0 atom stereocenters. The van der Waals surface area contributed by atoms with Gasteiger partial charge >= 0.3 is 5.97 Å². The highest BCUT2D eigenvalue weighted by Crippen LogP contribution is 2.21. The van der Waals surface area contributed by atoms with Crippen LogP contribution in [0.15, 0.2) is 33.5 Å². The number of rotatable bonds is 4. The topological polar surface area (TPSA) is 75.1 Å². The van der Waals surface area contributed by atoms with Crippen LogP contribution in [0.4, 0.5) is 0 Å². The SMILES string of the molecule is CCOC(=O)C(=Cc1ccc(C)cc1Br)N=[N+]=[N-]. The molecule has 0 N–H and O–H groups in total. The van der Waals surface area contributed by atoms with Crippen LogP contribution in [0.1, 0.15) is 18.1 Å².